The smallest absolute Gasteiger partial charge is 0.292 e. The Morgan fingerprint density at radius 2 is 2.05 bits per heavy atom. The molecule has 1 aliphatic carbocycles. The molecule has 0 bridgehead atoms. The minimum Gasteiger partial charge on any atom is -0.412 e. The lowest BCUT2D eigenvalue weighted by Crippen LogP contribution is -2.19. The topological polar surface area (TPSA) is 102 Å². The second kappa shape index (κ2) is 6.91. The molecule has 1 aliphatic rings. The van der Waals surface area contributed by atoms with Crippen LogP contribution in [0, 0.1) is 0 Å². The van der Waals surface area contributed by atoms with Crippen molar-refractivity contribution in [2.45, 2.75) is 19.3 Å². The molecule has 4 N–H and O–H groups in total. The summed E-state index contributed by atoms with van der Waals surface area (Å²) in [4.78, 5) is 12.1. The van der Waals surface area contributed by atoms with Gasteiger partial charge in [-0.3, -0.25) is 9.89 Å². The zero-order valence-corrected chi connectivity index (χ0v) is 13.0. The van der Waals surface area contributed by atoms with Gasteiger partial charge in [0.25, 0.3) is 5.91 Å². The number of hydrazone groups is 1. The lowest BCUT2D eigenvalue weighted by atomic mass is 10.2. The van der Waals surface area contributed by atoms with E-state index in [1.807, 2.05) is 0 Å². The number of hydrogen-bond acceptors (Lipinski definition) is 3. The Morgan fingerprint density at radius 3 is 2.77 bits per heavy atom. The van der Waals surface area contributed by atoms with Crippen LogP contribution in [0.5, 0.6) is 0 Å². The highest BCUT2D eigenvalue weighted by atomic mass is 35.5. The highest BCUT2D eigenvalue weighted by Crippen LogP contribution is 2.23. The fourth-order valence-electron chi connectivity index (χ4n) is 2.35. The van der Waals surface area contributed by atoms with E-state index in [0.29, 0.717) is 21.3 Å². The van der Waals surface area contributed by atoms with Gasteiger partial charge in [0.15, 0.2) is 5.69 Å². The summed E-state index contributed by atoms with van der Waals surface area (Å²) in [7, 11) is 0. The van der Waals surface area contributed by atoms with Gasteiger partial charge in [-0.25, -0.2) is 5.43 Å². The molecule has 116 valence electrons. The number of fused-ring (bicyclic) bond motifs is 1. The molecule has 1 amide bonds. The zero-order valence-electron chi connectivity index (χ0n) is 11.5. The molecule has 22 heavy (non-hydrogen) atoms. The van der Waals surface area contributed by atoms with Gasteiger partial charge in [-0.2, -0.15) is 10.2 Å². The molecular weight excluding hydrogens is 327 g/mol. The van der Waals surface area contributed by atoms with Crippen molar-refractivity contribution >= 4 is 35.3 Å². The van der Waals surface area contributed by atoms with Gasteiger partial charge in [0.2, 0.25) is 0 Å². The van der Waals surface area contributed by atoms with Crippen LogP contribution in [0.25, 0.3) is 0 Å². The van der Waals surface area contributed by atoms with E-state index in [1.165, 1.54) is 6.21 Å². The number of hydrogen-bond donors (Lipinski definition) is 2. The molecular formula is C14H14Cl2N4O2. The molecule has 1 heterocycles. The summed E-state index contributed by atoms with van der Waals surface area (Å²) in [6.45, 7) is 0. The molecule has 6 nitrogen and oxygen atoms in total. The molecule has 0 unspecified atom stereocenters. The van der Waals surface area contributed by atoms with E-state index in [1.54, 1.807) is 18.2 Å². The lowest BCUT2D eigenvalue weighted by molar-refractivity contribution is 0.0949. The van der Waals surface area contributed by atoms with Crippen molar-refractivity contribution in [2.24, 2.45) is 5.10 Å². The first-order chi connectivity index (χ1) is 10.2. The fourth-order valence-corrected chi connectivity index (χ4v) is 2.84. The molecule has 0 aliphatic heterocycles. The maximum Gasteiger partial charge on any atom is 0.292 e. The summed E-state index contributed by atoms with van der Waals surface area (Å²) in [6.07, 6.45) is 4.28. The van der Waals surface area contributed by atoms with Crippen molar-refractivity contribution in [3.8, 4) is 0 Å². The molecule has 0 atom stereocenters. The van der Waals surface area contributed by atoms with E-state index in [2.05, 4.69) is 20.7 Å². The van der Waals surface area contributed by atoms with Crippen LogP contribution >= 0.6 is 23.2 Å². The SMILES string of the molecule is O.O=C(N/N=C/c1c(Cl)cccc1Cl)c1n[nH]c2c1CCC2. The number of benzene rings is 1. The monoisotopic (exact) mass is 340 g/mol. The molecule has 0 radical (unpaired) electrons. The summed E-state index contributed by atoms with van der Waals surface area (Å²) in [5, 5.41) is 11.8. The van der Waals surface area contributed by atoms with Crippen LogP contribution in [-0.4, -0.2) is 27.8 Å². The number of nitrogens with zero attached hydrogens (tertiary/aromatic N) is 2. The van der Waals surface area contributed by atoms with E-state index in [-0.39, 0.29) is 11.4 Å². The standard InChI is InChI=1S/C14H12Cl2N4O.H2O/c15-10-4-2-5-11(16)9(10)7-17-20-14(21)13-8-3-1-6-12(8)18-19-13;/h2,4-5,7H,1,3,6H2,(H,18,19)(H,20,21);1H2/b17-7+;. The van der Waals surface area contributed by atoms with Gasteiger partial charge < -0.3 is 5.48 Å². The number of nitrogens with one attached hydrogen (secondary N) is 2. The van der Waals surface area contributed by atoms with Crippen LogP contribution in [0.3, 0.4) is 0 Å². The third kappa shape index (κ3) is 3.14. The van der Waals surface area contributed by atoms with Crippen molar-refractivity contribution in [1.82, 2.24) is 15.6 Å². The van der Waals surface area contributed by atoms with Crippen LogP contribution in [0.15, 0.2) is 23.3 Å². The van der Waals surface area contributed by atoms with Gasteiger partial charge in [0.05, 0.1) is 16.3 Å². The molecule has 1 aromatic carbocycles. The number of rotatable bonds is 3. The molecule has 0 spiro atoms. The van der Waals surface area contributed by atoms with Crippen LogP contribution in [0.2, 0.25) is 10.0 Å². The van der Waals surface area contributed by atoms with E-state index in [0.717, 1.165) is 30.5 Å². The maximum atomic E-state index is 12.1. The number of halogens is 2. The Labute approximate surface area is 136 Å². The normalized spacial score (nSPS) is 13.0. The van der Waals surface area contributed by atoms with Crippen molar-refractivity contribution < 1.29 is 10.3 Å². The van der Waals surface area contributed by atoms with E-state index in [9.17, 15) is 4.79 Å². The van der Waals surface area contributed by atoms with Gasteiger partial charge in [0, 0.05) is 16.8 Å². The Kier molecular flexibility index (Phi) is 5.18. The maximum absolute atomic E-state index is 12.1. The quantitative estimate of drug-likeness (QED) is 0.660. The van der Waals surface area contributed by atoms with Crippen molar-refractivity contribution in [3.63, 3.8) is 0 Å². The molecule has 0 saturated heterocycles. The van der Waals surface area contributed by atoms with Gasteiger partial charge in [-0.05, 0) is 31.4 Å². The average molecular weight is 341 g/mol. The Hall–Kier alpha value is -1.89. The summed E-state index contributed by atoms with van der Waals surface area (Å²) in [5.41, 5.74) is 5.44. The van der Waals surface area contributed by atoms with Crippen LogP contribution in [0.1, 0.15) is 33.7 Å². The predicted molar refractivity (Wildman–Crippen MR) is 85.7 cm³/mol. The number of carbonyl (C=O) groups is 1. The van der Waals surface area contributed by atoms with Gasteiger partial charge >= 0.3 is 0 Å². The Balaban J connectivity index is 0.00000176. The first kappa shape index (κ1) is 16.5. The minimum atomic E-state index is -0.339. The summed E-state index contributed by atoms with van der Waals surface area (Å²) >= 11 is 12.0. The number of aromatic amines is 1. The van der Waals surface area contributed by atoms with Crippen molar-refractivity contribution in [3.05, 3.63) is 50.8 Å². The molecule has 2 aromatic rings. The first-order valence-corrected chi connectivity index (χ1v) is 7.26. The molecule has 1 aromatic heterocycles. The number of aryl methyl sites for hydroxylation is 1. The van der Waals surface area contributed by atoms with E-state index in [4.69, 9.17) is 23.2 Å². The molecule has 8 heteroatoms. The summed E-state index contributed by atoms with van der Waals surface area (Å²) < 4.78 is 0. The van der Waals surface area contributed by atoms with Gasteiger partial charge in [0.1, 0.15) is 0 Å². The predicted octanol–water partition coefficient (Wildman–Crippen LogP) is 2.14. The fraction of sp³-hybridized carbons (Fsp3) is 0.214. The van der Waals surface area contributed by atoms with Crippen LogP contribution in [-0.2, 0) is 12.8 Å². The first-order valence-electron chi connectivity index (χ1n) is 6.50. The average Bonchev–Trinajstić information content (AvgIpc) is 3.04. The summed E-state index contributed by atoms with van der Waals surface area (Å²) in [5.74, 6) is -0.339. The number of aromatic nitrogens is 2. The Morgan fingerprint density at radius 1 is 1.32 bits per heavy atom. The van der Waals surface area contributed by atoms with Gasteiger partial charge in [-0.15, -0.1) is 0 Å². The van der Waals surface area contributed by atoms with Crippen LogP contribution in [0.4, 0.5) is 0 Å². The second-order valence-electron chi connectivity index (χ2n) is 4.72. The largest absolute Gasteiger partial charge is 0.412 e. The highest BCUT2D eigenvalue weighted by Gasteiger charge is 2.22. The third-order valence-electron chi connectivity index (χ3n) is 3.38. The minimum absolute atomic E-state index is 0. The lowest BCUT2D eigenvalue weighted by Gasteiger charge is -2.01. The second-order valence-corrected chi connectivity index (χ2v) is 5.53. The Bertz CT molecular complexity index is 707. The van der Waals surface area contributed by atoms with E-state index < -0.39 is 0 Å². The van der Waals surface area contributed by atoms with Crippen LogP contribution < -0.4 is 5.43 Å². The molecule has 3 rings (SSSR count). The number of H-pyrrole nitrogens is 1. The third-order valence-corrected chi connectivity index (χ3v) is 4.04. The summed E-state index contributed by atoms with van der Waals surface area (Å²) in [6, 6.07) is 5.15. The van der Waals surface area contributed by atoms with Gasteiger partial charge in [-0.1, -0.05) is 29.3 Å². The molecule has 0 fully saturated rings. The highest BCUT2D eigenvalue weighted by molar-refractivity contribution is 6.38. The molecule has 0 saturated carbocycles. The number of carbonyl (C=O) groups excluding carboxylic acids is 1. The van der Waals surface area contributed by atoms with Crippen molar-refractivity contribution in [2.75, 3.05) is 0 Å². The zero-order chi connectivity index (χ0) is 14.8. The van der Waals surface area contributed by atoms with E-state index >= 15 is 0 Å². The van der Waals surface area contributed by atoms with Crippen molar-refractivity contribution in [1.29, 1.82) is 0 Å². The number of amides is 1.